The predicted octanol–water partition coefficient (Wildman–Crippen LogP) is 2.53. The third-order valence-electron chi connectivity index (χ3n) is 4.17. The average Bonchev–Trinajstić information content (AvgIpc) is 3.04. The van der Waals surface area contributed by atoms with Gasteiger partial charge in [-0.25, -0.2) is 0 Å². The van der Waals surface area contributed by atoms with Crippen molar-refractivity contribution in [2.45, 2.75) is 41.0 Å². The third kappa shape index (κ3) is 2.61. The maximum atomic E-state index is 4.33. The standard InChI is InChI=1S/C15H15N7S2/c1-2-10(6-16-5-1)13-18-20-15-21(13)7-12(24-15)8-23-14-19-17-9-22(14)11-3-4-11/h1-2,5-6,9,11-12H,3-4,7-8H2. The summed E-state index contributed by atoms with van der Waals surface area (Å²) in [4.78, 5) is 4.18. The Morgan fingerprint density at radius 2 is 2.21 bits per heavy atom. The van der Waals surface area contributed by atoms with Crippen LogP contribution in [0.15, 0.2) is 41.2 Å². The van der Waals surface area contributed by atoms with E-state index in [2.05, 4.69) is 34.5 Å². The molecule has 5 rings (SSSR count). The van der Waals surface area contributed by atoms with Gasteiger partial charge < -0.3 is 9.13 Å². The van der Waals surface area contributed by atoms with Gasteiger partial charge in [0.1, 0.15) is 6.33 Å². The molecule has 1 unspecified atom stereocenters. The van der Waals surface area contributed by atoms with Crippen molar-refractivity contribution in [2.24, 2.45) is 0 Å². The molecule has 0 aromatic carbocycles. The van der Waals surface area contributed by atoms with Crippen LogP contribution < -0.4 is 0 Å². The van der Waals surface area contributed by atoms with Crippen molar-refractivity contribution in [2.75, 3.05) is 5.75 Å². The summed E-state index contributed by atoms with van der Waals surface area (Å²) in [6.07, 6.45) is 7.97. The molecule has 0 spiro atoms. The first-order valence-corrected chi connectivity index (χ1v) is 9.77. The maximum absolute atomic E-state index is 4.33. The van der Waals surface area contributed by atoms with Crippen molar-refractivity contribution in [1.82, 2.24) is 34.5 Å². The molecule has 0 N–H and O–H groups in total. The SMILES string of the molecule is c1cncc(-c2nnc3n2CC(CSc2nncn2C2CC2)S3)c1. The molecule has 0 amide bonds. The van der Waals surface area contributed by atoms with Gasteiger partial charge in [-0.1, -0.05) is 23.5 Å². The molecule has 1 atom stereocenters. The van der Waals surface area contributed by atoms with E-state index in [1.807, 2.05) is 24.7 Å². The van der Waals surface area contributed by atoms with Gasteiger partial charge in [-0.05, 0) is 25.0 Å². The van der Waals surface area contributed by atoms with Crippen LogP contribution in [0.2, 0.25) is 0 Å². The molecule has 1 saturated carbocycles. The fourth-order valence-electron chi connectivity index (χ4n) is 2.83. The average molecular weight is 357 g/mol. The van der Waals surface area contributed by atoms with E-state index in [-0.39, 0.29) is 0 Å². The summed E-state index contributed by atoms with van der Waals surface area (Å²) in [6.45, 7) is 0.918. The Bertz CT molecular complexity index is 856. The highest BCUT2D eigenvalue weighted by molar-refractivity contribution is 8.03. The number of nitrogens with zero attached hydrogens (tertiary/aromatic N) is 7. The van der Waals surface area contributed by atoms with Gasteiger partial charge in [-0.15, -0.1) is 20.4 Å². The van der Waals surface area contributed by atoms with Crippen LogP contribution in [0.1, 0.15) is 18.9 Å². The lowest BCUT2D eigenvalue weighted by Crippen LogP contribution is -2.10. The molecule has 122 valence electrons. The number of thioether (sulfide) groups is 2. The highest BCUT2D eigenvalue weighted by Crippen LogP contribution is 2.39. The van der Waals surface area contributed by atoms with Crippen LogP contribution in [-0.4, -0.2) is 45.5 Å². The van der Waals surface area contributed by atoms with Crippen molar-refractivity contribution in [3.8, 4) is 11.4 Å². The second-order valence-corrected chi connectivity index (χ2v) is 8.22. The summed E-state index contributed by atoms with van der Waals surface area (Å²) < 4.78 is 4.41. The van der Waals surface area contributed by atoms with Crippen LogP contribution >= 0.6 is 23.5 Å². The molecule has 0 saturated heterocycles. The van der Waals surface area contributed by atoms with E-state index in [9.17, 15) is 0 Å². The summed E-state index contributed by atoms with van der Waals surface area (Å²) in [5.41, 5.74) is 1.01. The van der Waals surface area contributed by atoms with E-state index in [1.54, 1.807) is 29.7 Å². The zero-order valence-corrected chi connectivity index (χ0v) is 14.4. The fourth-order valence-corrected chi connectivity index (χ4v) is 5.10. The van der Waals surface area contributed by atoms with Crippen molar-refractivity contribution in [1.29, 1.82) is 0 Å². The van der Waals surface area contributed by atoms with E-state index in [0.717, 1.165) is 34.0 Å². The Morgan fingerprint density at radius 1 is 1.25 bits per heavy atom. The van der Waals surface area contributed by atoms with Gasteiger partial charge in [0.05, 0.1) is 0 Å². The molecular weight excluding hydrogens is 342 g/mol. The van der Waals surface area contributed by atoms with Gasteiger partial charge >= 0.3 is 0 Å². The van der Waals surface area contributed by atoms with Crippen LogP contribution in [0, 0.1) is 0 Å². The smallest absolute Gasteiger partial charge is 0.191 e. The number of rotatable bonds is 5. The molecular formula is C15H15N7S2. The van der Waals surface area contributed by atoms with E-state index in [0.29, 0.717) is 11.3 Å². The lowest BCUT2D eigenvalue weighted by molar-refractivity contribution is 0.658. The van der Waals surface area contributed by atoms with Crippen molar-refractivity contribution < 1.29 is 0 Å². The quantitative estimate of drug-likeness (QED) is 0.650. The molecule has 3 aromatic heterocycles. The first kappa shape index (κ1) is 14.5. The lowest BCUT2D eigenvalue weighted by atomic mass is 10.2. The summed E-state index contributed by atoms with van der Waals surface area (Å²) in [7, 11) is 0. The van der Waals surface area contributed by atoms with Crippen molar-refractivity contribution in [3.63, 3.8) is 0 Å². The topological polar surface area (TPSA) is 74.3 Å². The third-order valence-corrected chi connectivity index (χ3v) is 6.67. The van der Waals surface area contributed by atoms with Crippen molar-refractivity contribution in [3.05, 3.63) is 30.9 Å². The monoisotopic (exact) mass is 357 g/mol. The Kier molecular flexibility index (Phi) is 3.55. The Hall–Kier alpha value is -1.87. The van der Waals surface area contributed by atoms with Crippen molar-refractivity contribution >= 4 is 23.5 Å². The minimum atomic E-state index is 0.472. The van der Waals surface area contributed by atoms with Crippen LogP contribution in [0.25, 0.3) is 11.4 Å². The molecule has 4 heterocycles. The van der Waals surface area contributed by atoms with Crippen LogP contribution in [-0.2, 0) is 6.54 Å². The maximum Gasteiger partial charge on any atom is 0.191 e. The summed E-state index contributed by atoms with van der Waals surface area (Å²) in [5.74, 6) is 1.89. The molecule has 0 radical (unpaired) electrons. The first-order chi connectivity index (χ1) is 11.9. The molecule has 0 bridgehead atoms. The van der Waals surface area contributed by atoms with E-state index < -0.39 is 0 Å². The molecule has 2 aliphatic rings. The fraction of sp³-hybridized carbons (Fsp3) is 0.400. The molecule has 1 fully saturated rings. The number of pyridine rings is 1. The van der Waals surface area contributed by atoms with Crippen LogP contribution in [0.5, 0.6) is 0 Å². The van der Waals surface area contributed by atoms with Gasteiger partial charge in [-0.2, -0.15) is 0 Å². The second-order valence-electron chi connectivity index (χ2n) is 5.96. The Balaban J connectivity index is 1.28. The van der Waals surface area contributed by atoms with Gasteiger partial charge in [0.2, 0.25) is 0 Å². The van der Waals surface area contributed by atoms with Crippen LogP contribution in [0.4, 0.5) is 0 Å². The molecule has 3 aromatic rings. The molecule has 7 nitrogen and oxygen atoms in total. The first-order valence-electron chi connectivity index (χ1n) is 7.91. The summed E-state index contributed by atoms with van der Waals surface area (Å²) >= 11 is 3.58. The molecule has 1 aliphatic carbocycles. The van der Waals surface area contributed by atoms with Gasteiger partial charge in [0, 0.05) is 41.5 Å². The molecule has 9 heteroatoms. The predicted molar refractivity (Wildman–Crippen MR) is 91.9 cm³/mol. The van der Waals surface area contributed by atoms with Gasteiger partial charge in [0.25, 0.3) is 0 Å². The van der Waals surface area contributed by atoms with Crippen LogP contribution in [0.3, 0.4) is 0 Å². The summed E-state index contributed by atoms with van der Waals surface area (Å²) in [5, 5.41) is 19.5. The highest BCUT2D eigenvalue weighted by atomic mass is 32.2. The van der Waals surface area contributed by atoms with E-state index >= 15 is 0 Å². The van der Waals surface area contributed by atoms with Gasteiger partial charge in [-0.3, -0.25) is 4.98 Å². The zero-order valence-electron chi connectivity index (χ0n) is 12.8. The molecule has 24 heavy (non-hydrogen) atoms. The number of hydrogen-bond donors (Lipinski definition) is 0. The van der Waals surface area contributed by atoms with E-state index in [4.69, 9.17) is 0 Å². The Morgan fingerprint density at radius 3 is 3.04 bits per heavy atom. The number of aromatic nitrogens is 7. The second kappa shape index (κ2) is 5.89. The number of hydrogen-bond acceptors (Lipinski definition) is 7. The zero-order chi connectivity index (χ0) is 15.9. The number of fused-ring (bicyclic) bond motifs is 1. The molecule has 1 aliphatic heterocycles. The summed E-state index contributed by atoms with van der Waals surface area (Å²) in [6, 6.07) is 4.57. The largest absolute Gasteiger partial charge is 0.306 e. The van der Waals surface area contributed by atoms with Gasteiger partial charge in [0.15, 0.2) is 16.1 Å². The van der Waals surface area contributed by atoms with E-state index in [1.165, 1.54) is 12.8 Å². The Labute approximate surface area is 147 Å². The minimum Gasteiger partial charge on any atom is -0.306 e. The normalized spacial score (nSPS) is 19.6. The highest BCUT2D eigenvalue weighted by Gasteiger charge is 2.30. The minimum absolute atomic E-state index is 0.472. The lowest BCUT2D eigenvalue weighted by Gasteiger charge is -2.09.